The highest BCUT2D eigenvalue weighted by Crippen LogP contribution is 2.15. The molecule has 20 heavy (non-hydrogen) atoms. The second-order valence-electron chi connectivity index (χ2n) is 3.91. The van der Waals surface area contributed by atoms with Crippen molar-refractivity contribution in [1.29, 1.82) is 0 Å². The molecule has 2 aromatic carbocycles. The summed E-state index contributed by atoms with van der Waals surface area (Å²) in [5.74, 6) is -1.21. The molecule has 0 aromatic heterocycles. The summed E-state index contributed by atoms with van der Waals surface area (Å²) in [5.41, 5.74) is 0.595. The van der Waals surface area contributed by atoms with Crippen LogP contribution >= 0.6 is 0 Å². The number of hydrogen-bond acceptors (Lipinski definition) is 4. The Bertz CT molecular complexity index is 617. The summed E-state index contributed by atoms with van der Waals surface area (Å²) in [4.78, 5) is 23.0. The van der Waals surface area contributed by atoms with Crippen molar-refractivity contribution in [3.63, 3.8) is 0 Å². The third kappa shape index (κ3) is 3.20. The fourth-order valence-corrected chi connectivity index (χ4v) is 1.53. The molecule has 0 aliphatic rings. The van der Waals surface area contributed by atoms with Crippen LogP contribution in [0.15, 0.2) is 48.5 Å². The zero-order chi connectivity index (χ0) is 14.5. The van der Waals surface area contributed by atoms with Crippen LogP contribution in [0.2, 0.25) is 0 Å². The van der Waals surface area contributed by atoms with Crippen molar-refractivity contribution in [2.45, 2.75) is 0 Å². The van der Waals surface area contributed by atoms with Crippen molar-refractivity contribution in [3.8, 4) is 5.75 Å². The zero-order valence-corrected chi connectivity index (χ0v) is 10.6. The number of ether oxygens (including phenoxy) is 2. The quantitative estimate of drug-likeness (QED) is 0.638. The lowest BCUT2D eigenvalue weighted by Gasteiger charge is -2.05. The van der Waals surface area contributed by atoms with Crippen LogP contribution in [-0.4, -0.2) is 19.0 Å². The van der Waals surface area contributed by atoms with Gasteiger partial charge >= 0.3 is 11.9 Å². The molecule has 0 aliphatic heterocycles. The molecule has 0 unspecified atom stereocenters. The maximum Gasteiger partial charge on any atom is 0.343 e. The lowest BCUT2D eigenvalue weighted by Crippen LogP contribution is -2.08. The summed E-state index contributed by atoms with van der Waals surface area (Å²) < 4.78 is 22.4. The van der Waals surface area contributed by atoms with Gasteiger partial charge in [-0.1, -0.05) is 0 Å². The number of halogens is 1. The lowest BCUT2D eigenvalue weighted by atomic mass is 10.2. The smallest absolute Gasteiger partial charge is 0.343 e. The predicted octanol–water partition coefficient (Wildman–Crippen LogP) is 2.83. The van der Waals surface area contributed by atoms with Gasteiger partial charge in [-0.2, -0.15) is 0 Å². The van der Waals surface area contributed by atoms with Gasteiger partial charge in [-0.15, -0.1) is 0 Å². The van der Waals surface area contributed by atoms with Crippen LogP contribution in [0.5, 0.6) is 5.75 Å². The second-order valence-corrected chi connectivity index (χ2v) is 3.91. The highest BCUT2D eigenvalue weighted by molar-refractivity contribution is 5.91. The fourth-order valence-electron chi connectivity index (χ4n) is 1.53. The van der Waals surface area contributed by atoms with E-state index in [4.69, 9.17) is 4.74 Å². The Morgan fingerprint density at radius 1 is 0.850 bits per heavy atom. The zero-order valence-electron chi connectivity index (χ0n) is 10.6. The lowest BCUT2D eigenvalue weighted by molar-refractivity contribution is 0.0600. The van der Waals surface area contributed by atoms with E-state index in [1.807, 2.05) is 0 Å². The van der Waals surface area contributed by atoms with Gasteiger partial charge in [0.2, 0.25) is 0 Å². The molecule has 0 amide bonds. The molecule has 0 fully saturated rings. The molecule has 0 radical (unpaired) electrons. The molecule has 5 heteroatoms. The standard InChI is InChI=1S/C15H11FO4/c1-19-14(17)10-4-8-13(9-5-10)20-15(18)11-2-6-12(16)7-3-11/h2-9H,1H3. The minimum absolute atomic E-state index is 0.239. The van der Waals surface area contributed by atoms with E-state index in [1.165, 1.54) is 55.6 Å². The molecule has 0 spiro atoms. The normalized spacial score (nSPS) is 9.90. The van der Waals surface area contributed by atoms with E-state index >= 15 is 0 Å². The van der Waals surface area contributed by atoms with Gasteiger partial charge in [0.25, 0.3) is 0 Å². The Labute approximate surface area is 114 Å². The molecule has 0 saturated carbocycles. The predicted molar refractivity (Wildman–Crippen MR) is 69.1 cm³/mol. The average Bonchev–Trinajstić information content (AvgIpc) is 2.48. The first kappa shape index (κ1) is 13.7. The third-order valence-corrected chi connectivity index (χ3v) is 2.57. The van der Waals surface area contributed by atoms with E-state index in [2.05, 4.69) is 4.74 Å². The summed E-state index contributed by atoms with van der Waals surface area (Å²) in [6.45, 7) is 0. The van der Waals surface area contributed by atoms with Crippen molar-refractivity contribution in [2.24, 2.45) is 0 Å². The molecule has 0 atom stereocenters. The monoisotopic (exact) mass is 274 g/mol. The Morgan fingerprint density at radius 2 is 1.35 bits per heavy atom. The van der Waals surface area contributed by atoms with Crippen molar-refractivity contribution in [2.75, 3.05) is 7.11 Å². The van der Waals surface area contributed by atoms with Gasteiger partial charge in [0.1, 0.15) is 11.6 Å². The molecule has 4 nitrogen and oxygen atoms in total. The minimum atomic E-state index is -0.601. The van der Waals surface area contributed by atoms with Gasteiger partial charge in [-0.3, -0.25) is 0 Å². The van der Waals surface area contributed by atoms with Gasteiger partial charge < -0.3 is 9.47 Å². The van der Waals surface area contributed by atoms with Crippen molar-refractivity contribution in [1.82, 2.24) is 0 Å². The Hall–Kier alpha value is -2.69. The van der Waals surface area contributed by atoms with E-state index in [-0.39, 0.29) is 11.3 Å². The first-order valence-corrected chi connectivity index (χ1v) is 5.76. The molecule has 2 rings (SSSR count). The second kappa shape index (κ2) is 5.97. The molecule has 0 N–H and O–H groups in total. The third-order valence-electron chi connectivity index (χ3n) is 2.57. The van der Waals surface area contributed by atoms with Gasteiger partial charge in [-0.25, -0.2) is 14.0 Å². The number of methoxy groups -OCH3 is 1. The molecule has 2 aromatic rings. The maximum atomic E-state index is 12.7. The van der Waals surface area contributed by atoms with Crippen LogP contribution in [0.1, 0.15) is 20.7 Å². The van der Waals surface area contributed by atoms with Crippen molar-refractivity contribution in [3.05, 3.63) is 65.5 Å². The van der Waals surface area contributed by atoms with E-state index in [9.17, 15) is 14.0 Å². The number of rotatable bonds is 3. The first-order chi connectivity index (χ1) is 9.60. The number of carbonyl (C=O) groups is 2. The first-order valence-electron chi connectivity index (χ1n) is 5.76. The highest BCUT2D eigenvalue weighted by Gasteiger charge is 2.10. The van der Waals surface area contributed by atoms with Crippen LogP contribution < -0.4 is 4.74 Å². The summed E-state index contributed by atoms with van der Waals surface area (Å²) in [5, 5.41) is 0. The van der Waals surface area contributed by atoms with E-state index in [0.717, 1.165) is 0 Å². The largest absolute Gasteiger partial charge is 0.465 e. The Balaban J connectivity index is 2.08. The number of carbonyl (C=O) groups excluding carboxylic acids is 2. The number of hydrogen-bond donors (Lipinski definition) is 0. The molecule has 102 valence electrons. The van der Waals surface area contributed by atoms with Crippen LogP contribution in [0, 0.1) is 5.82 Å². The summed E-state index contributed by atoms with van der Waals surface area (Å²) >= 11 is 0. The van der Waals surface area contributed by atoms with E-state index in [1.54, 1.807) is 0 Å². The SMILES string of the molecule is COC(=O)c1ccc(OC(=O)c2ccc(F)cc2)cc1. The van der Waals surface area contributed by atoms with E-state index in [0.29, 0.717) is 5.56 Å². The number of esters is 2. The molecule has 0 heterocycles. The fraction of sp³-hybridized carbons (Fsp3) is 0.0667. The van der Waals surface area contributed by atoms with Crippen LogP contribution in [-0.2, 0) is 4.74 Å². The maximum absolute atomic E-state index is 12.7. The molecule has 0 bridgehead atoms. The van der Waals surface area contributed by atoms with Gasteiger partial charge in [0.15, 0.2) is 0 Å². The highest BCUT2D eigenvalue weighted by atomic mass is 19.1. The average molecular weight is 274 g/mol. The van der Waals surface area contributed by atoms with Crippen molar-refractivity contribution < 1.29 is 23.5 Å². The van der Waals surface area contributed by atoms with Gasteiger partial charge in [0.05, 0.1) is 18.2 Å². The number of benzene rings is 2. The van der Waals surface area contributed by atoms with Crippen molar-refractivity contribution >= 4 is 11.9 Å². The van der Waals surface area contributed by atoms with Gasteiger partial charge in [0, 0.05) is 0 Å². The Morgan fingerprint density at radius 3 is 1.90 bits per heavy atom. The molecule has 0 saturated heterocycles. The molecular weight excluding hydrogens is 263 g/mol. The molecule has 0 aliphatic carbocycles. The van der Waals surface area contributed by atoms with Crippen LogP contribution in [0.3, 0.4) is 0 Å². The summed E-state index contributed by atoms with van der Waals surface area (Å²) in [6, 6.07) is 11.0. The van der Waals surface area contributed by atoms with E-state index < -0.39 is 17.8 Å². The minimum Gasteiger partial charge on any atom is -0.465 e. The topological polar surface area (TPSA) is 52.6 Å². The molecular formula is C15H11FO4. The Kier molecular flexibility index (Phi) is 4.10. The summed E-state index contributed by atoms with van der Waals surface area (Å²) in [7, 11) is 1.28. The van der Waals surface area contributed by atoms with Crippen LogP contribution in [0.25, 0.3) is 0 Å². The van der Waals surface area contributed by atoms with Gasteiger partial charge in [-0.05, 0) is 48.5 Å². The van der Waals surface area contributed by atoms with Crippen LogP contribution in [0.4, 0.5) is 4.39 Å². The summed E-state index contributed by atoms with van der Waals surface area (Å²) in [6.07, 6.45) is 0.